The van der Waals surface area contributed by atoms with Gasteiger partial charge in [-0.2, -0.15) is 0 Å². The van der Waals surface area contributed by atoms with E-state index in [1.165, 1.54) is 6.07 Å². The molecule has 0 radical (unpaired) electrons. The second-order valence-electron chi connectivity index (χ2n) is 5.74. The Morgan fingerprint density at radius 3 is 2.89 bits per heavy atom. The van der Waals surface area contributed by atoms with Gasteiger partial charge in [0.05, 0.1) is 11.1 Å². The molecule has 0 amide bonds. The van der Waals surface area contributed by atoms with Crippen molar-refractivity contribution >= 4 is 10.9 Å². The van der Waals surface area contributed by atoms with Gasteiger partial charge in [0.15, 0.2) is 0 Å². The molecule has 1 fully saturated rings. The number of β-amino-alcohol motifs (C(OH)–C–C–N with tert-alkyl or cyclic N) is 1. The van der Waals surface area contributed by atoms with Gasteiger partial charge in [0.25, 0.3) is 0 Å². The summed E-state index contributed by atoms with van der Waals surface area (Å²) in [4.78, 5) is 2.26. The molecule has 1 saturated heterocycles. The Hall–Kier alpha value is -1.39. The number of hydrogen-bond donors (Lipinski definition) is 1. The van der Waals surface area contributed by atoms with E-state index in [-0.39, 0.29) is 5.82 Å². The molecule has 1 aliphatic heterocycles. The van der Waals surface area contributed by atoms with Crippen molar-refractivity contribution in [2.24, 2.45) is 0 Å². The maximum absolute atomic E-state index is 13.3. The summed E-state index contributed by atoms with van der Waals surface area (Å²) in [6.07, 6.45) is 2.83. The van der Waals surface area contributed by atoms with Gasteiger partial charge in [-0.1, -0.05) is 0 Å². The standard InChI is InChI=1S/C15H19FN2O/c1-15(19)5-7-17(11-15)8-9-18-6-4-12-2-3-13(16)10-14(12)18/h2-4,6,10,19H,5,7-9,11H2,1H3. The molecule has 1 aromatic heterocycles. The molecule has 1 aromatic carbocycles. The van der Waals surface area contributed by atoms with Crippen LogP contribution in [-0.2, 0) is 6.54 Å². The minimum absolute atomic E-state index is 0.198. The third-order valence-electron chi connectivity index (χ3n) is 3.92. The van der Waals surface area contributed by atoms with Gasteiger partial charge in [-0.3, -0.25) is 4.90 Å². The summed E-state index contributed by atoms with van der Waals surface area (Å²) >= 11 is 0. The average Bonchev–Trinajstić information content (AvgIpc) is 2.90. The lowest BCUT2D eigenvalue weighted by molar-refractivity contribution is 0.0684. The Morgan fingerprint density at radius 2 is 2.16 bits per heavy atom. The van der Waals surface area contributed by atoms with Crippen LogP contribution in [0.15, 0.2) is 30.5 Å². The largest absolute Gasteiger partial charge is 0.389 e. The number of halogens is 1. The fourth-order valence-corrected chi connectivity index (χ4v) is 2.83. The van der Waals surface area contributed by atoms with Crippen molar-refractivity contribution in [1.82, 2.24) is 9.47 Å². The third kappa shape index (κ3) is 2.65. The van der Waals surface area contributed by atoms with E-state index in [1.807, 2.05) is 25.3 Å². The Morgan fingerprint density at radius 1 is 1.32 bits per heavy atom. The van der Waals surface area contributed by atoms with Gasteiger partial charge in [-0.15, -0.1) is 0 Å². The van der Waals surface area contributed by atoms with E-state index in [9.17, 15) is 9.50 Å². The summed E-state index contributed by atoms with van der Waals surface area (Å²) in [7, 11) is 0. The number of fused-ring (bicyclic) bond motifs is 1. The fourth-order valence-electron chi connectivity index (χ4n) is 2.83. The van der Waals surface area contributed by atoms with Crippen molar-refractivity contribution in [2.45, 2.75) is 25.5 Å². The quantitative estimate of drug-likeness (QED) is 0.919. The predicted octanol–water partition coefficient (Wildman–Crippen LogP) is 2.24. The van der Waals surface area contributed by atoms with Crippen LogP contribution in [0.2, 0.25) is 0 Å². The maximum Gasteiger partial charge on any atom is 0.125 e. The molecule has 1 aliphatic rings. The van der Waals surface area contributed by atoms with Crippen molar-refractivity contribution in [3.63, 3.8) is 0 Å². The molecule has 0 aliphatic carbocycles. The van der Waals surface area contributed by atoms with Crippen LogP contribution in [0.5, 0.6) is 0 Å². The van der Waals surface area contributed by atoms with Gasteiger partial charge < -0.3 is 9.67 Å². The molecule has 102 valence electrons. The number of benzene rings is 1. The smallest absolute Gasteiger partial charge is 0.125 e. The zero-order chi connectivity index (χ0) is 13.5. The van der Waals surface area contributed by atoms with E-state index in [4.69, 9.17) is 0 Å². The van der Waals surface area contributed by atoms with Crippen molar-refractivity contribution in [2.75, 3.05) is 19.6 Å². The molecule has 2 aromatic rings. The van der Waals surface area contributed by atoms with Crippen LogP contribution in [0.4, 0.5) is 4.39 Å². The molecule has 0 bridgehead atoms. The molecule has 1 unspecified atom stereocenters. The molecule has 3 nitrogen and oxygen atoms in total. The Bertz CT molecular complexity index is 591. The minimum atomic E-state index is -0.551. The first-order chi connectivity index (χ1) is 9.03. The average molecular weight is 262 g/mol. The van der Waals surface area contributed by atoms with E-state index < -0.39 is 5.60 Å². The number of aromatic nitrogens is 1. The monoisotopic (exact) mass is 262 g/mol. The second-order valence-corrected chi connectivity index (χ2v) is 5.74. The minimum Gasteiger partial charge on any atom is -0.389 e. The van der Waals surface area contributed by atoms with Crippen LogP contribution in [0.1, 0.15) is 13.3 Å². The molecule has 2 heterocycles. The van der Waals surface area contributed by atoms with Gasteiger partial charge in [0, 0.05) is 32.4 Å². The number of rotatable bonds is 3. The van der Waals surface area contributed by atoms with Crippen LogP contribution in [0.3, 0.4) is 0 Å². The first-order valence-corrected chi connectivity index (χ1v) is 6.73. The van der Waals surface area contributed by atoms with Gasteiger partial charge >= 0.3 is 0 Å². The molecule has 0 saturated carbocycles. The molecule has 3 rings (SSSR count). The summed E-state index contributed by atoms with van der Waals surface area (Å²) < 4.78 is 15.4. The number of aliphatic hydroxyl groups is 1. The van der Waals surface area contributed by atoms with Crippen molar-refractivity contribution in [3.8, 4) is 0 Å². The Kier molecular flexibility index (Phi) is 3.07. The van der Waals surface area contributed by atoms with E-state index >= 15 is 0 Å². The molecule has 0 spiro atoms. The van der Waals surface area contributed by atoms with Crippen LogP contribution in [-0.4, -0.2) is 39.8 Å². The van der Waals surface area contributed by atoms with Gasteiger partial charge in [0.2, 0.25) is 0 Å². The zero-order valence-corrected chi connectivity index (χ0v) is 11.1. The normalized spacial score (nSPS) is 24.4. The zero-order valence-electron chi connectivity index (χ0n) is 11.1. The molecular formula is C15H19FN2O. The van der Waals surface area contributed by atoms with Crippen molar-refractivity contribution < 1.29 is 9.50 Å². The van der Waals surface area contributed by atoms with Crippen molar-refractivity contribution in [1.29, 1.82) is 0 Å². The lowest BCUT2D eigenvalue weighted by Gasteiger charge is -2.19. The highest BCUT2D eigenvalue weighted by molar-refractivity contribution is 5.80. The molecule has 4 heteroatoms. The molecule has 1 atom stereocenters. The van der Waals surface area contributed by atoms with Crippen LogP contribution >= 0.6 is 0 Å². The number of likely N-dealkylation sites (tertiary alicyclic amines) is 1. The predicted molar refractivity (Wildman–Crippen MR) is 73.6 cm³/mol. The molecule has 1 N–H and O–H groups in total. The van der Waals surface area contributed by atoms with Gasteiger partial charge in [0.1, 0.15) is 5.82 Å². The molecule has 19 heavy (non-hydrogen) atoms. The lowest BCUT2D eigenvalue weighted by atomic mass is 10.1. The first kappa shape index (κ1) is 12.6. The van der Waals surface area contributed by atoms with Crippen LogP contribution in [0.25, 0.3) is 10.9 Å². The van der Waals surface area contributed by atoms with E-state index in [1.54, 1.807) is 6.07 Å². The Labute approximate surface area is 112 Å². The summed E-state index contributed by atoms with van der Waals surface area (Å²) in [5.74, 6) is -0.198. The van der Waals surface area contributed by atoms with E-state index in [0.29, 0.717) is 0 Å². The lowest BCUT2D eigenvalue weighted by Crippen LogP contribution is -2.31. The third-order valence-corrected chi connectivity index (χ3v) is 3.92. The second kappa shape index (κ2) is 4.62. The summed E-state index contributed by atoms with van der Waals surface area (Å²) in [5, 5.41) is 11.0. The number of hydrogen-bond acceptors (Lipinski definition) is 2. The highest BCUT2D eigenvalue weighted by Crippen LogP contribution is 2.21. The van der Waals surface area contributed by atoms with Crippen LogP contribution < -0.4 is 0 Å². The molecular weight excluding hydrogens is 243 g/mol. The summed E-state index contributed by atoms with van der Waals surface area (Å²) in [5.41, 5.74) is 0.385. The maximum atomic E-state index is 13.3. The fraction of sp³-hybridized carbons (Fsp3) is 0.467. The SMILES string of the molecule is CC1(O)CCN(CCn2ccc3ccc(F)cc32)C1. The first-order valence-electron chi connectivity index (χ1n) is 6.73. The van der Waals surface area contributed by atoms with Crippen molar-refractivity contribution in [3.05, 3.63) is 36.3 Å². The summed E-state index contributed by atoms with van der Waals surface area (Å²) in [6.45, 7) is 5.24. The highest BCUT2D eigenvalue weighted by Gasteiger charge is 2.30. The topological polar surface area (TPSA) is 28.4 Å². The van der Waals surface area contributed by atoms with E-state index in [2.05, 4.69) is 9.47 Å². The number of nitrogens with zero attached hydrogens (tertiary/aromatic N) is 2. The Balaban J connectivity index is 1.70. The van der Waals surface area contributed by atoms with Crippen LogP contribution in [0, 0.1) is 5.82 Å². The highest BCUT2D eigenvalue weighted by atomic mass is 19.1. The van der Waals surface area contributed by atoms with Gasteiger partial charge in [-0.25, -0.2) is 4.39 Å². The van der Waals surface area contributed by atoms with Gasteiger partial charge in [-0.05, 0) is 43.0 Å². The summed E-state index contributed by atoms with van der Waals surface area (Å²) in [6, 6.07) is 6.89. The van der Waals surface area contributed by atoms with E-state index in [0.717, 1.165) is 43.5 Å².